The van der Waals surface area contributed by atoms with E-state index in [1.165, 1.54) is 0 Å². The number of halogens is 1. The van der Waals surface area contributed by atoms with Gasteiger partial charge in [0.25, 0.3) is 5.91 Å². The lowest BCUT2D eigenvalue weighted by Crippen LogP contribution is -2.49. The van der Waals surface area contributed by atoms with Crippen LogP contribution in [0.15, 0.2) is 95.5 Å². The van der Waals surface area contributed by atoms with Crippen molar-refractivity contribution in [2.24, 2.45) is 0 Å². The number of benzene rings is 4. The molecule has 36 heavy (non-hydrogen) atoms. The van der Waals surface area contributed by atoms with Crippen LogP contribution < -0.4 is 19.3 Å². The quantitative estimate of drug-likeness (QED) is 0.259. The fourth-order valence-electron chi connectivity index (χ4n) is 4.75. The Bertz CT molecular complexity index is 1390. The third-order valence-electron chi connectivity index (χ3n) is 6.46. The summed E-state index contributed by atoms with van der Waals surface area (Å²) in [5.41, 5.74) is 5.58. The van der Waals surface area contributed by atoms with Crippen LogP contribution >= 0.6 is 15.9 Å². The molecule has 1 heterocycles. The Morgan fingerprint density at radius 3 is 2.25 bits per heavy atom. The van der Waals surface area contributed by atoms with Crippen molar-refractivity contribution in [2.45, 2.75) is 19.6 Å². The monoisotopic (exact) mass is 542 g/mol. The minimum atomic E-state index is -0.425. The Labute approximate surface area is 220 Å². The van der Waals surface area contributed by atoms with E-state index in [0.29, 0.717) is 23.6 Å². The van der Waals surface area contributed by atoms with Crippen LogP contribution in [-0.4, -0.2) is 20.1 Å². The highest BCUT2D eigenvalue weighted by Crippen LogP contribution is 2.46. The molecule has 0 fully saturated rings. The molecule has 0 saturated carbocycles. The predicted molar refractivity (Wildman–Crippen MR) is 147 cm³/mol. The van der Waals surface area contributed by atoms with E-state index in [4.69, 9.17) is 9.47 Å². The Morgan fingerprint density at radius 2 is 1.56 bits per heavy atom. The normalized spacial score (nSPS) is 15.0. The topological polar surface area (TPSA) is 42.0 Å². The van der Waals surface area contributed by atoms with Gasteiger partial charge in [0.05, 0.1) is 29.9 Å². The second kappa shape index (κ2) is 10.1. The zero-order valence-electron chi connectivity index (χ0n) is 20.4. The molecule has 182 valence electrons. The van der Waals surface area contributed by atoms with Crippen LogP contribution in [0.25, 0.3) is 0 Å². The Kier molecular flexibility index (Phi) is 6.70. The smallest absolute Gasteiger partial charge is 0.262 e. The number of carbonyl (C=O) groups excluding carboxylic acids is 1. The fourth-order valence-corrected chi connectivity index (χ4v) is 5.37. The summed E-state index contributed by atoms with van der Waals surface area (Å²) in [6, 6.07) is 30.2. The molecular formula is C30H27BrN2O3. The number of anilines is 2. The highest BCUT2D eigenvalue weighted by molar-refractivity contribution is 9.10. The van der Waals surface area contributed by atoms with Gasteiger partial charge in [0.15, 0.2) is 11.5 Å². The van der Waals surface area contributed by atoms with Crippen LogP contribution in [0.3, 0.4) is 0 Å². The SMILES string of the molecule is COc1cc([C@@H]2N(Cc3ccccc3)c3ccccc3C(=O)N2c2ccc(C)cc2)cc(Br)c1OC. The molecule has 1 amide bonds. The standard InChI is InChI=1S/C30H27BrN2O3/c1-20-13-15-23(16-14-20)33-29(22-17-25(31)28(36-3)27(18-22)35-2)32(19-21-9-5-4-6-10-21)26-12-8-7-11-24(26)30(33)34/h4-18,29H,19H2,1-3H3/t29-/m1/s1. The minimum absolute atomic E-state index is 0.0466. The number of para-hydroxylation sites is 1. The average Bonchev–Trinajstić information content (AvgIpc) is 2.91. The molecule has 0 unspecified atom stereocenters. The molecule has 5 rings (SSSR count). The van der Waals surface area contributed by atoms with Crippen molar-refractivity contribution in [3.8, 4) is 11.5 Å². The highest BCUT2D eigenvalue weighted by Gasteiger charge is 2.40. The second-order valence-corrected chi connectivity index (χ2v) is 9.61. The number of amides is 1. The summed E-state index contributed by atoms with van der Waals surface area (Å²) < 4.78 is 12.0. The number of nitrogens with zero attached hydrogens (tertiary/aromatic N) is 2. The summed E-state index contributed by atoms with van der Waals surface area (Å²) in [5, 5.41) is 0. The first-order chi connectivity index (χ1) is 17.5. The van der Waals surface area contributed by atoms with Crippen molar-refractivity contribution in [1.82, 2.24) is 0 Å². The molecule has 0 saturated heterocycles. The number of hydrogen-bond acceptors (Lipinski definition) is 4. The summed E-state index contributed by atoms with van der Waals surface area (Å²) in [4.78, 5) is 18.2. The van der Waals surface area contributed by atoms with Gasteiger partial charge in [-0.25, -0.2) is 0 Å². The molecule has 1 aliphatic heterocycles. The maximum Gasteiger partial charge on any atom is 0.262 e. The summed E-state index contributed by atoms with van der Waals surface area (Å²) >= 11 is 3.66. The lowest BCUT2D eigenvalue weighted by Gasteiger charge is -2.46. The van der Waals surface area contributed by atoms with E-state index >= 15 is 0 Å². The van der Waals surface area contributed by atoms with Crippen LogP contribution in [0, 0.1) is 6.92 Å². The molecule has 0 aromatic heterocycles. The molecule has 0 aliphatic carbocycles. The molecule has 0 spiro atoms. The zero-order valence-corrected chi connectivity index (χ0v) is 22.0. The van der Waals surface area contributed by atoms with Crippen molar-refractivity contribution in [1.29, 1.82) is 0 Å². The minimum Gasteiger partial charge on any atom is -0.493 e. The van der Waals surface area contributed by atoms with E-state index < -0.39 is 6.17 Å². The molecule has 4 aromatic carbocycles. The van der Waals surface area contributed by atoms with Gasteiger partial charge < -0.3 is 14.4 Å². The summed E-state index contributed by atoms with van der Waals surface area (Å²) in [6.07, 6.45) is -0.425. The van der Waals surface area contributed by atoms with E-state index in [1.54, 1.807) is 14.2 Å². The number of carbonyl (C=O) groups is 1. The van der Waals surface area contributed by atoms with Crippen molar-refractivity contribution < 1.29 is 14.3 Å². The van der Waals surface area contributed by atoms with E-state index in [1.807, 2.05) is 90.7 Å². The summed E-state index contributed by atoms with van der Waals surface area (Å²) in [6.45, 7) is 2.66. The van der Waals surface area contributed by atoms with Crippen molar-refractivity contribution in [2.75, 3.05) is 24.0 Å². The van der Waals surface area contributed by atoms with E-state index in [9.17, 15) is 4.79 Å². The van der Waals surface area contributed by atoms with Crippen molar-refractivity contribution in [3.63, 3.8) is 0 Å². The van der Waals surface area contributed by atoms with Crippen LogP contribution in [0.2, 0.25) is 0 Å². The van der Waals surface area contributed by atoms with Gasteiger partial charge in [-0.2, -0.15) is 0 Å². The lowest BCUT2D eigenvalue weighted by molar-refractivity contribution is 0.0968. The van der Waals surface area contributed by atoms with Crippen LogP contribution in [0.1, 0.15) is 33.2 Å². The number of rotatable bonds is 6. The molecule has 0 radical (unpaired) electrons. The van der Waals surface area contributed by atoms with Gasteiger partial charge in [-0.3, -0.25) is 9.69 Å². The maximum atomic E-state index is 14.1. The highest BCUT2D eigenvalue weighted by atomic mass is 79.9. The lowest BCUT2D eigenvalue weighted by atomic mass is 9.98. The number of fused-ring (bicyclic) bond motifs is 1. The van der Waals surface area contributed by atoms with Crippen molar-refractivity contribution >= 4 is 33.2 Å². The Balaban J connectivity index is 1.76. The van der Waals surface area contributed by atoms with Gasteiger partial charge in [0.2, 0.25) is 0 Å². The molecule has 4 aromatic rings. The van der Waals surface area contributed by atoms with Gasteiger partial charge in [-0.05, 0) is 64.8 Å². The Hall–Kier alpha value is -3.77. The average molecular weight is 543 g/mol. The van der Waals surface area contributed by atoms with E-state index in [2.05, 4.69) is 33.0 Å². The van der Waals surface area contributed by atoms with Crippen LogP contribution in [0.4, 0.5) is 11.4 Å². The van der Waals surface area contributed by atoms with Crippen LogP contribution in [-0.2, 0) is 6.54 Å². The molecule has 1 atom stereocenters. The number of ether oxygens (including phenoxy) is 2. The fraction of sp³-hybridized carbons (Fsp3) is 0.167. The first-order valence-electron chi connectivity index (χ1n) is 11.7. The van der Waals surface area contributed by atoms with Gasteiger partial charge in [-0.1, -0.05) is 60.2 Å². The first kappa shape index (κ1) is 23.9. The molecule has 0 bridgehead atoms. The summed E-state index contributed by atoms with van der Waals surface area (Å²) in [5.74, 6) is 1.16. The largest absolute Gasteiger partial charge is 0.493 e. The number of hydrogen-bond donors (Lipinski definition) is 0. The molecule has 5 nitrogen and oxygen atoms in total. The summed E-state index contributed by atoms with van der Waals surface area (Å²) in [7, 11) is 3.23. The zero-order chi connectivity index (χ0) is 25.2. The molecule has 6 heteroatoms. The van der Waals surface area contributed by atoms with E-state index in [0.717, 1.165) is 32.5 Å². The van der Waals surface area contributed by atoms with Gasteiger partial charge in [0.1, 0.15) is 6.17 Å². The predicted octanol–water partition coefficient (Wildman–Crippen LogP) is 7.14. The van der Waals surface area contributed by atoms with Gasteiger partial charge in [0, 0.05) is 17.8 Å². The van der Waals surface area contributed by atoms with Gasteiger partial charge >= 0.3 is 0 Å². The van der Waals surface area contributed by atoms with Crippen LogP contribution in [0.5, 0.6) is 11.5 Å². The molecule has 0 N–H and O–H groups in total. The third-order valence-corrected chi connectivity index (χ3v) is 7.05. The van der Waals surface area contributed by atoms with E-state index in [-0.39, 0.29) is 5.91 Å². The number of methoxy groups -OCH3 is 2. The molecule has 1 aliphatic rings. The third kappa shape index (κ3) is 4.33. The number of aryl methyl sites for hydroxylation is 1. The first-order valence-corrected chi connectivity index (χ1v) is 12.5. The second-order valence-electron chi connectivity index (χ2n) is 8.75. The van der Waals surface area contributed by atoms with Crippen molar-refractivity contribution in [3.05, 3.63) is 118 Å². The maximum absolute atomic E-state index is 14.1. The van der Waals surface area contributed by atoms with Gasteiger partial charge in [-0.15, -0.1) is 0 Å². The molecular weight excluding hydrogens is 516 g/mol. The Morgan fingerprint density at radius 1 is 0.861 bits per heavy atom.